The van der Waals surface area contributed by atoms with Crippen LogP contribution in [0.25, 0.3) is 0 Å². The number of amides is 1. The van der Waals surface area contributed by atoms with Crippen molar-refractivity contribution in [1.82, 2.24) is 4.90 Å². The first-order valence-electron chi connectivity index (χ1n) is 5.89. The number of benzene rings is 1. The van der Waals surface area contributed by atoms with Crippen molar-refractivity contribution in [2.75, 3.05) is 19.6 Å². The van der Waals surface area contributed by atoms with Gasteiger partial charge in [-0.05, 0) is 30.5 Å². The van der Waals surface area contributed by atoms with Crippen LogP contribution in [0.3, 0.4) is 0 Å². The normalized spacial score (nSPS) is 23.4. The fourth-order valence-electron chi connectivity index (χ4n) is 2.22. The first-order valence-corrected chi connectivity index (χ1v) is 5.89. The van der Waals surface area contributed by atoms with E-state index < -0.39 is 11.6 Å². The fourth-order valence-corrected chi connectivity index (χ4v) is 2.22. The van der Waals surface area contributed by atoms with Gasteiger partial charge < -0.3 is 10.6 Å². The maximum atomic E-state index is 13.1. The van der Waals surface area contributed by atoms with Gasteiger partial charge in [0.25, 0.3) is 5.91 Å². The Morgan fingerprint density at radius 1 is 1.39 bits per heavy atom. The van der Waals surface area contributed by atoms with Crippen molar-refractivity contribution in [3.8, 4) is 0 Å². The molecule has 18 heavy (non-hydrogen) atoms. The highest BCUT2D eigenvalue weighted by atomic mass is 19.1. The summed E-state index contributed by atoms with van der Waals surface area (Å²) in [6.07, 6.45) is 0.813. The molecular weight excluding hydrogens is 238 g/mol. The van der Waals surface area contributed by atoms with E-state index in [-0.39, 0.29) is 16.9 Å². The van der Waals surface area contributed by atoms with Crippen LogP contribution < -0.4 is 5.73 Å². The number of halogens is 2. The Morgan fingerprint density at radius 3 is 2.50 bits per heavy atom. The Balaban J connectivity index is 2.18. The quantitative estimate of drug-likeness (QED) is 0.874. The summed E-state index contributed by atoms with van der Waals surface area (Å²) in [5, 5.41) is 0. The van der Waals surface area contributed by atoms with Crippen LogP contribution in [0.4, 0.5) is 8.78 Å². The van der Waals surface area contributed by atoms with Crippen molar-refractivity contribution < 1.29 is 13.6 Å². The van der Waals surface area contributed by atoms with Crippen molar-refractivity contribution in [2.24, 2.45) is 11.1 Å². The molecule has 1 aromatic rings. The molecule has 1 atom stereocenters. The molecule has 1 saturated heterocycles. The van der Waals surface area contributed by atoms with E-state index in [1.165, 1.54) is 0 Å². The zero-order valence-corrected chi connectivity index (χ0v) is 10.2. The van der Waals surface area contributed by atoms with Gasteiger partial charge in [0.1, 0.15) is 11.6 Å². The van der Waals surface area contributed by atoms with E-state index in [1.54, 1.807) is 4.90 Å². The molecule has 0 saturated carbocycles. The van der Waals surface area contributed by atoms with Crippen LogP contribution in [-0.4, -0.2) is 30.4 Å². The van der Waals surface area contributed by atoms with E-state index in [0.717, 1.165) is 24.6 Å². The zero-order valence-electron chi connectivity index (χ0n) is 10.2. The summed E-state index contributed by atoms with van der Waals surface area (Å²) in [4.78, 5) is 13.7. The fraction of sp³-hybridized carbons (Fsp3) is 0.462. The van der Waals surface area contributed by atoms with Crippen molar-refractivity contribution in [1.29, 1.82) is 0 Å². The second kappa shape index (κ2) is 4.65. The summed E-state index contributed by atoms with van der Waals surface area (Å²) in [7, 11) is 0. The second-order valence-electron chi connectivity index (χ2n) is 5.15. The van der Waals surface area contributed by atoms with Gasteiger partial charge in [0.05, 0.1) is 0 Å². The van der Waals surface area contributed by atoms with Gasteiger partial charge in [-0.1, -0.05) is 6.92 Å². The number of nitrogens with two attached hydrogens (primary N) is 1. The van der Waals surface area contributed by atoms with Crippen LogP contribution >= 0.6 is 0 Å². The predicted molar refractivity (Wildman–Crippen MR) is 64.0 cm³/mol. The molecule has 2 N–H and O–H groups in total. The standard InChI is InChI=1S/C13H16F2N2O/c1-13(7-16)2-3-17(8-13)12(18)9-4-10(14)6-11(15)5-9/h4-6H,2-3,7-8,16H2,1H3. The lowest BCUT2D eigenvalue weighted by Gasteiger charge is -2.22. The van der Waals surface area contributed by atoms with Crippen LogP contribution in [-0.2, 0) is 0 Å². The lowest BCUT2D eigenvalue weighted by molar-refractivity contribution is 0.0776. The van der Waals surface area contributed by atoms with Crippen molar-refractivity contribution in [2.45, 2.75) is 13.3 Å². The largest absolute Gasteiger partial charge is 0.338 e. The number of carbonyl (C=O) groups is 1. The smallest absolute Gasteiger partial charge is 0.254 e. The molecule has 5 heteroatoms. The van der Waals surface area contributed by atoms with Gasteiger partial charge in [0, 0.05) is 24.7 Å². The summed E-state index contributed by atoms with van der Waals surface area (Å²) in [6.45, 7) is 3.60. The lowest BCUT2D eigenvalue weighted by Crippen LogP contribution is -2.34. The molecule has 1 aliphatic rings. The number of carbonyl (C=O) groups excluding carboxylic acids is 1. The third-order valence-corrected chi connectivity index (χ3v) is 3.45. The molecule has 0 aromatic heterocycles. The Labute approximate surface area is 105 Å². The van der Waals surface area contributed by atoms with E-state index in [1.807, 2.05) is 6.92 Å². The number of hydrogen-bond donors (Lipinski definition) is 1. The minimum absolute atomic E-state index is 0.0498. The molecule has 98 valence electrons. The molecule has 3 nitrogen and oxygen atoms in total. The SMILES string of the molecule is CC1(CN)CCN(C(=O)c2cc(F)cc(F)c2)C1. The monoisotopic (exact) mass is 254 g/mol. The Kier molecular flexibility index (Phi) is 3.34. The summed E-state index contributed by atoms with van der Waals surface area (Å²) >= 11 is 0. The first-order chi connectivity index (χ1) is 8.43. The Morgan fingerprint density at radius 2 is 2.00 bits per heavy atom. The third kappa shape index (κ3) is 2.51. The molecule has 1 amide bonds. The minimum Gasteiger partial charge on any atom is -0.338 e. The summed E-state index contributed by atoms with van der Waals surface area (Å²) in [5.74, 6) is -1.82. The van der Waals surface area contributed by atoms with Gasteiger partial charge >= 0.3 is 0 Å². The van der Waals surface area contributed by atoms with E-state index >= 15 is 0 Å². The van der Waals surface area contributed by atoms with Crippen LogP contribution in [0, 0.1) is 17.0 Å². The average molecular weight is 254 g/mol. The van der Waals surface area contributed by atoms with Gasteiger partial charge in [0.2, 0.25) is 0 Å². The van der Waals surface area contributed by atoms with Crippen molar-refractivity contribution in [3.05, 3.63) is 35.4 Å². The molecule has 0 bridgehead atoms. The number of hydrogen-bond acceptors (Lipinski definition) is 2. The minimum atomic E-state index is -0.737. The van der Waals surface area contributed by atoms with Crippen LogP contribution in [0.15, 0.2) is 18.2 Å². The predicted octanol–water partition coefficient (Wildman–Crippen LogP) is 1.78. The molecule has 1 heterocycles. The maximum absolute atomic E-state index is 13.1. The molecule has 1 aromatic carbocycles. The van der Waals surface area contributed by atoms with Crippen molar-refractivity contribution >= 4 is 5.91 Å². The topological polar surface area (TPSA) is 46.3 Å². The summed E-state index contributed by atoms with van der Waals surface area (Å²) < 4.78 is 26.1. The third-order valence-electron chi connectivity index (χ3n) is 3.45. The number of nitrogens with zero attached hydrogens (tertiary/aromatic N) is 1. The molecule has 1 fully saturated rings. The van der Waals surface area contributed by atoms with Gasteiger partial charge in [-0.2, -0.15) is 0 Å². The highest BCUT2D eigenvalue weighted by molar-refractivity contribution is 5.94. The molecule has 2 rings (SSSR count). The summed E-state index contributed by atoms with van der Waals surface area (Å²) in [6, 6.07) is 2.87. The zero-order chi connectivity index (χ0) is 13.3. The summed E-state index contributed by atoms with van der Waals surface area (Å²) in [5.41, 5.74) is 5.61. The lowest BCUT2D eigenvalue weighted by atomic mass is 9.90. The highest BCUT2D eigenvalue weighted by Gasteiger charge is 2.35. The van der Waals surface area contributed by atoms with Crippen LogP contribution in [0.2, 0.25) is 0 Å². The Hall–Kier alpha value is -1.49. The molecular formula is C13H16F2N2O. The molecule has 1 unspecified atom stereocenters. The first kappa shape index (κ1) is 13.0. The average Bonchev–Trinajstić information content (AvgIpc) is 2.70. The van der Waals surface area contributed by atoms with Gasteiger partial charge in [0.15, 0.2) is 0 Å². The van der Waals surface area contributed by atoms with E-state index in [2.05, 4.69) is 0 Å². The molecule has 1 aliphatic heterocycles. The van der Waals surface area contributed by atoms with E-state index in [0.29, 0.717) is 19.6 Å². The molecule has 0 radical (unpaired) electrons. The van der Waals surface area contributed by atoms with Gasteiger partial charge in [-0.25, -0.2) is 8.78 Å². The molecule has 0 spiro atoms. The van der Waals surface area contributed by atoms with E-state index in [4.69, 9.17) is 5.73 Å². The Bertz CT molecular complexity index is 458. The van der Waals surface area contributed by atoms with Gasteiger partial charge in [-0.15, -0.1) is 0 Å². The van der Waals surface area contributed by atoms with Crippen molar-refractivity contribution in [3.63, 3.8) is 0 Å². The number of likely N-dealkylation sites (tertiary alicyclic amines) is 1. The maximum Gasteiger partial charge on any atom is 0.254 e. The molecule has 0 aliphatic carbocycles. The van der Waals surface area contributed by atoms with Crippen LogP contribution in [0.5, 0.6) is 0 Å². The van der Waals surface area contributed by atoms with Gasteiger partial charge in [-0.3, -0.25) is 4.79 Å². The highest BCUT2D eigenvalue weighted by Crippen LogP contribution is 2.29. The second-order valence-corrected chi connectivity index (χ2v) is 5.15. The number of rotatable bonds is 2. The van der Waals surface area contributed by atoms with E-state index in [9.17, 15) is 13.6 Å². The van der Waals surface area contributed by atoms with Crippen LogP contribution in [0.1, 0.15) is 23.7 Å².